The van der Waals surface area contributed by atoms with Crippen molar-refractivity contribution in [2.45, 2.75) is 45.4 Å². The van der Waals surface area contributed by atoms with Crippen LogP contribution in [0.25, 0.3) is 0 Å². The van der Waals surface area contributed by atoms with E-state index < -0.39 is 17.3 Å². The number of pyridine rings is 1. The first-order valence-corrected chi connectivity index (χ1v) is 8.67. The summed E-state index contributed by atoms with van der Waals surface area (Å²) in [7, 11) is 0. The van der Waals surface area contributed by atoms with Gasteiger partial charge >= 0.3 is 12.3 Å². The normalized spacial score (nSPS) is 16.5. The lowest BCUT2D eigenvalue weighted by atomic mass is 9.98. The Bertz CT molecular complexity index is 639. The van der Waals surface area contributed by atoms with E-state index in [0.29, 0.717) is 32.1 Å². The molecule has 0 unspecified atom stereocenters. The Morgan fingerprint density at radius 1 is 1.31 bits per heavy atom. The second-order valence-electron chi connectivity index (χ2n) is 7.23. The van der Waals surface area contributed by atoms with E-state index in [4.69, 9.17) is 21.1 Å². The van der Waals surface area contributed by atoms with Crippen molar-refractivity contribution >= 4 is 17.7 Å². The molecule has 1 aliphatic rings. The van der Waals surface area contributed by atoms with Gasteiger partial charge in [0, 0.05) is 19.3 Å². The van der Waals surface area contributed by atoms with Crippen LogP contribution < -0.4 is 4.74 Å². The van der Waals surface area contributed by atoms with Crippen LogP contribution in [-0.4, -0.2) is 41.3 Å². The molecule has 0 N–H and O–H groups in total. The second-order valence-corrected chi connectivity index (χ2v) is 7.64. The Balaban J connectivity index is 1.83. The molecule has 0 bridgehead atoms. The summed E-state index contributed by atoms with van der Waals surface area (Å²) in [4.78, 5) is 17.3. The number of aromatic nitrogens is 1. The first-order valence-electron chi connectivity index (χ1n) is 8.29. The van der Waals surface area contributed by atoms with Crippen LogP contribution in [0.4, 0.5) is 18.0 Å². The summed E-state index contributed by atoms with van der Waals surface area (Å²) >= 11 is 5.82. The highest BCUT2D eigenvalue weighted by atomic mass is 35.5. The minimum Gasteiger partial charge on any atom is -0.476 e. The van der Waals surface area contributed by atoms with E-state index in [2.05, 4.69) is 4.98 Å². The predicted molar refractivity (Wildman–Crippen MR) is 90.3 cm³/mol. The molecule has 26 heavy (non-hydrogen) atoms. The molecule has 146 valence electrons. The van der Waals surface area contributed by atoms with E-state index in [0.717, 1.165) is 6.07 Å². The van der Waals surface area contributed by atoms with Gasteiger partial charge in [-0.25, -0.2) is 9.78 Å². The second kappa shape index (κ2) is 7.90. The average molecular weight is 395 g/mol. The number of rotatable bonds is 3. The van der Waals surface area contributed by atoms with E-state index in [9.17, 15) is 18.0 Å². The fourth-order valence-electron chi connectivity index (χ4n) is 2.49. The van der Waals surface area contributed by atoms with E-state index in [1.54, 1.807) is 4.90 Å². The van der Waals surface area contributed by atoms with E-state index >= 15 is 0 Å². The summed E-state index contributed by atoms with van der Waals surface area (Å²) in [5.74, 6) is 0.142. The zero-order valence-corrected chi connectivity index (χ0v) is 15.7. The highest BCUT2D eigenvalue weighted by molar-refractivity contribution is 6.31. The molecule has 1 fully saturated rings. The Hall–Kier alpha value is -1.70. The number of halogens is 4. The number of piperidine rings is 1. The SMILES string of the molecule is CC(C)(C)OC(=O)N1CCC(COc2ncc(C(F)(F)F)cc2Cl)CC1. The van der Waals surface area contributed by atoms with Crippen LogP contribution in [0.5, 0.6) is 5.88 Å². The van der Waals surface area contributed by atoms with Crippen LogP contribution in [0.1, 0.15) is 39.2 Å². The summed E-state index contributed by atoms with van der Waals surface area (Å²) in [6, 6.07) is 0.801. The van der Waals surface area contributed by atoms with Gasteiger partial charge in [-0.3, -0.25) is 0 Å². The summed E-state index contributed by atoms with van der Waals surface area (Å²) < 4.78 is 48.6. The lowest BCUT2D eigenvalue weighted by molar-refractivity contribution is -0.137. The maximum atomic E-state index is 12.6. The van der Waals surface area contributed by atoms with Gasteiger partial charge in [-0.15, -0.1) is 0 Å². The maximum Gasteiger partial charge on any atom is 0.417 e. The first-order chi connectivity index (χ1) is 12.0. The zero-order chi connectivity index (χ0) is 19.5. The standard InChI is InChI=1S/C17H22ClF3N2O3/c1-16(2,3)26-15(24)23-6-4-11(5-7-23)10-25-14-13(18)8-12(9-22-14)17(19,20)21/h8-9,11H,4-7,10H2,1-3H3. The predicted octanol–water partition coefficient (Wildman–Crippen LogP) is 4.78. The van der Waals surface area contributed by atoms with Gasteiger partial charge in [0.25, 0.3) is 0 Å². The minimum atomic E-state index is -4.50. The first kappa shape index (κ1) is 20.6. The van der Waals surface area contributed by atoms with Gasteiger partial charge in [0.15, 0.2) is 0 Å². The van der Waals surface area contributed by atoms with Gasteiger partial charge in [-0.1, -0.05) is 11.6 Å². The monoisotopic (exact) mass is 394 g/mol. The lowest BCUT2D eigenvalue weighted by Gasteiger charge is -2.33. The molecule has 1 aromatic heterocycles. The molecule has 9 heteroatoms. The third-order valence-electron chi connectivity index (χ3n) is 3.86. The van der Waals surface area contributed by atoms with Gasteiger partial charge in [0.1, 0.15) is 10.6 Å². The minimum absolute atomic E-state index is 0.0192. The van der Waals surface area contributed by atoms with Crippen LogP contribution in [0.3, 0.4) is 0 Å². The molecule has 0 saturated carbocycles. The fraction of sp³-hybridized carbons (Fsp3) is 0.647. The number of nitrogens with zero attached hydrogens (tertiary/aromatic N) is 2. The van der Waals surface area contributed by atoms with Crippen LogP contribution in [0.15, 0.2) is 12.3 Å². The van der Waals surface area contributed by atoms with Gasteiger partial charge in [-0.05, 0) is 45.6 Å². The van der Waals surface area contributed by atoms with Gasteiger partial charge in [0.05, 0.1) is 12.2 Å². The average Bonchev–Trinajstić information content (AvgIpc) is 2.51. The Labute approximate surface area is 155 Å². The van der Waals surface area contributed by atoms with Crippen molar-refractivity contribution in [1.29, 1.82) is 0 Å². The third kappa shape index (κ3) is 5.93. The molecular formula is C17H22ClF3N2O3. The smallest absolute Gasteiger partial charge is 0.417 e. The molecule has 1 saturated heterocycles. The Morgan fingerprint density at radius 2 is 1.92 bits per heavy atom. The van der Waals surface area contributed by atoms with E-state index in [1.807, 2.05) is 20.8 Å². The molecule has 5 nitrogen and oxygen atoms in total. The third-order valence-corrected chi connectivity index (χ3v) is 4.13. The Morgan fingerprint density at radius 3 is 2.42 bits per heavy atom. The van der Waals surface area contributed by atoms with Gasteiger partial charge < -0.3 is 14.4 Å². The zero-order valence-electron chi connectivity index (χ0n) is 14.9. The highest BCUT2D eigenvalue weighted by Gasteiger charge is 2.32. The number of carbonyl (C=O) groups excluding carboxylic acids is 1. The van der Waals surface area contributed by atoms with Crippen molar-refractivity contribution in [3.8, 4) is 5.88 Å². The summed E-state index contributed by atoms with van der Waals surface area (Å²) in [6.45, 7) is 6.79. The van der Waals surface area contributed by atoms with Crippen LogP contribution in [-0.2, 0) is 10.9 Å². The highest BCUT2D eigenvalue weighted by Crippen LogP contribution is 2.33. The number of carbonyl (C=O) groups is 1. The molecule has 2 heterocycles. The number of hydrogen-bond donors (Lipinski definition) is 0. The number of amides is 1. The van der Waals surface area contributed by atoms with Crippen molar-refractivity contribution in [3.63, 3.8) is 0 Å². The number of ether oxygens (including phenoxy) is 2. The Kier molecular flexibility index (Phi) is 6.26. The molecular weight excluding hydrogens is 373 g/mol. The molecule has 2 rings (SSSR count). The summed E-state index contributed by atoms with van der Waals surface area (Å²) in [5.41, 5.74) is -1.46. The van der Waals surface area contributed by atoms with Crippen molar-refractivity contribution in [2.24, 2.45) is 5.92 Å². The molecule has 0 radical (unpaired) electrons. The largest absolute Gasteiger partial charge is 0.476 e. The molecule has 1 aliphatic heterocycles. The molecule has 0 atom stereocenters. The maximum absolute atomic E-state index is 12.6. The van der Waals surface area contributed by atoms with Gasteiger partial charge in [0.2, 0.25) is 5.88 Å². The van der Waals surface area contributed by atoms with Crippen molar-refractivity contribution in [1.82, 2.24) is 9.88 Å². The molecule has 0 aromatic carbocycles. The number of likely N-dealkylation sites (tertiary alicyclic amines) is 1. The molecule has 0 spiro atoms. The van der Waals surface area contributed by atoms with Crippen LogP contribution in [0, 0.1) is 5.92 Å². The lowest BCUT2D eigenvalue weighted by Crippen LogP contribution is -2.42. The van der Waals surface area contributed by atoms with Gasteiger partial charge in [-0.2, -0.15) is 13.2 Å². The molecule has 0 aliphatic carbocycles. The van der Waals surface area contributed by atoms with Crippen molar-refractivity contribution in [3.05, 3.63) is 22.8 Å². The van der Waals surface area contributed by atoms with Crippen LogP contribution in [0.2, 0.25) is 5.02 Å². The topological polar surface area (TPSA) is 51.7 Å². The summed E-state index contributed by atoms with van der Waals surface area (Å²) in [5, 5.41) is -0.175. The van der Waals surface area contributed by atoms with E-state index in [-0.39, 0.29) is 29.5 Å². The fourth-order valence-corrected chi connectivity index (χ4v) is 2.71. The number of hydrogen-bond acceptors (Lipinski definition) is 4. The quantitative estimate of drug-likeness (QED) is 0.740. The van der Waals surface area contributed by atoms with Crippen molar-refractivity contribution < 1.29 is 27.4 Å². The summed E-state index contributed by atoms with van der Waals surface area (Å²) in [6.07, 6.45) is -2.73. The molecule has 1 amide bonds. The van der Waals surface area contributed by atoms with E-state index in [1.165, 1.54) is 0 Å². The van der Waals surface area contributed by atoms with Crippen molar-refractivity contribution in [2.75, 3.05) is 19.7 Å². The molecule has 1 aromatic rings. The number of alkyl halides is 3. The van der Waals surface area contributed by atoms with Crippen LogP contribution >= 0.6 is 11.6 Å².